The van der Waals surface area contributed by atoms with Crippen LogP contribution in [-0.4, -0.2) is 22.1 Å². The smallest absolute Gasteiger partial charge is 0.116 e. The molecular formula is C27H25NOS3. The van der Waals surface area contributed by atoms with Gasteiger partial charge in [0.25, 0.3) is 0 Å². The lowest BCUT2D eigenvalue weighted by molar-refractivity contribution is 0.159. The number of aromatic hydroxyl groups is 1. The minimum absolute atomic E-state index is 0.339. The van der Waals surface area contributed by atoms with E-state index < -0.39 is 0 Å². The van der Waals surface area contributed by atoms with Gasteiger partial charge in [0.2, 0.25) is 0 Å². The molecule has 0 radical (unpaired) electrons. The van der Waals surface area contributed by atoms with Gasteiger partial charge in [-0.25, -0.2) is 0 Å². The number of phenols is 1. The van der Waals surface area contributed by atoms with Crippen LogP contribution in [0.25, 0.3) is 16.0 Å². The third-order valence-corrected chi connectivity index (χ3v) is 9.37. The Kier molecular flexibility index (Phi) is 5.51. The third kappa shape index (κ3) is 3.77. The monoisotopic (exact) mass is 475 g/mol. The summed E-state index contributed by atoms with van der Waals surface area (Å²) in [5, 5.41) is 19.1. The van der Waals surface area contributed by atoms with E-state index in [0.29, 0.717) is 17.8 Å². The van der Waals surface area contributed by atoms with Gasteiger partial charge >= 0.3 is 0 Å². The van der Waals surface area contributed by atoms with E-state index in [4.69, 9.17) is 0 Å². The minimum Gasteiger partial charge on any atom is -0.508 e. The minimum atomic E-state index is 0.339. The number of phenolic OH excluding ortho intramolecular Hbond substituents is 1. The molecule has 0 aliphatic carbocycles. The van der Waals surface area contributed by atoms with Crippen LogP contribution in [0.2, 0.25) is 0 Å². The van der Waals surface area contributed by atoms with Gasteiger partial charge in [0.15, 0.2) is 0 Å². The second-order valence-electron chi connectivity index (χ2n) is 8.75. The Morgan fingerprint density at radius 2 is 1.81 bits per heavy atom. The molecule has 5 heterocycles. The average Bonchev–Trinajstić information content (AvgIpc) is 3.58. The van der Waals surface area contributed by atoms with Crippen LogP contribution in [-0.2, 0) is 6.54 Å². The first-order chi connectivity index (χ1) is 15.8. The standard InChI is InChI=1S/C27H25NOS3/c29-23-4-1-3-18(15-23)26(25-9-12-32-27(25)19-8-11-30-17-19)20-13-21-6-7-22(14-20)28(21)16-24-5-2-10-31-24/h1-5,8-12,15,17,21-22,29H,6-7,13-14,16H2. The maximum atomic E-state index is 10.3. The highest BCUT2D eigenvalue weighted by molar-refractivity contribution is 7.14. The van der Waals surface area contributed by atoms with Gasteiger partial charge in [-0.2, -0.15) is 11.3 Å². The lowest BCUT2D eigenvalue weighted by Crippen LogP contribution is -2.39. The van der Waals surface area contributed by atoms with Crippen molar-refractivity contribution in [2.24, 2.45) is 0 Å². The Labute approximate surface area is 201 Å². The van der Waals surface area contributed by atoms with E-state index >= 15 is 0 Å². The molecule has 6 rings (SSSR count). The highest BCUT2D eigenvalue weighted by Crippen LogP contribution is 2.46. The van der Waals surface area contributed by atoms with Gasteiger partial charge in [-0.3, -0.25) is 4.90 Å². The van der Waals surface area contributed by atoms with Gasteiger partial charge in [-0.1, -0.05) is 23.8 Å². The van der Waals surface area contributed by atoms with Crippen molar-refractivity contribution >= 4 is 39.6 Å². The molecule has 2 nitrogen and oxygen atoms in total. The van der Waals surface area contributed by atoms with Crippen LogP contribution >= 0.6 is 34.0 Å². The van der Waals surface area contributed by atoms with Crippen LogP contribution in [0, 0.1) is 0 Å². The van der Waals surface area contributed by atoms with E-state index in [0.717, 1.165) is 24.9 Å². The van der Waals surface area contributed by atoms with Crippen LogP contribution < -0.4 is 0 Å². The number of nitrogens with zero attached hydrogens (tertiary/aromatic N) is 1. The summed E-state index contributed by atoms with van der Waals surface area (Å²) < 4.78 is 0. The molecule has 1 aromatic carbocycles. The fourth-order valence-corrected chi connectivity index (χ4v) is 7.82. The zero-order chi connectivity index (χ0) is 21.5. The fraction of sp³-hybridized carbons (Fsp3) is 0.259. The molecule has 2 aliphatic rings. The van der Waals surface area contributed by atoms with Gasteiger partial charge in [-0.05, 0) is 88.7 Å². The summed E-state index contributed by atoms with van der Waals surface area (Å²) in [6.07, 6.45) is 4.80. The topological polar surface area (TPSA) is 23.5 Å². The summed E-state index contributed by atoms with van der Waals surface area (Å²) in [6.45, 7) is 1.08. The van der Waals surface area contributed by atoms with Crippen molar-refractivity contribution in [3.63, 3.8) is 0 Å². The van der Waals surface area contributed by atoms with Crippen LogP contribution in [0.15, 0.2) is 75.6 Å². The first kappa shape index (κ1) is 20.4. The van der Waals surface area contributed by atoms with E-state index in [-0.39, 0.29) is 0 Å². The number of benzene rings is 1. The Morgan fingerprint density at radius 3 is 2.53 bits per heavy atom. The Hall–Kier alpha value is -2.18. The average molecular weight is 476 g/mol. The predicted octanol–water partition coefficient (Wildman–Crippen LogP) is 7.87. The normalized spacial score (nSPS) is 20.7. The lowest BCUT2D eigenvalue weighted by atomic mass is 9.85. The number of hydrogen-bond acceptors (Lipinski definition) is 5. The molecule has 2 aliphatic heterocycles. The van der Waals surface area contributed by atoms with Crippen molar-refractivity contribution in [1.82, 2.24) is 4.90 Å². The Balaban J connectivity index is 1.43. The molecule has 2 saturated heterocycles. The molecule has 32 heavy (non-hydrogen) atoms. The molecule has 3 aromatic heterocycles. The van der Waals surface area contributed by atoms with E-state index in [2.05, 4.69) is 56.8 Å². The highest BCUT2D eigenvalue weighted by Gasteiger charge is 2.39. The molecule has 2 unspecified atom stereocenters. The van der Waals surface area contributed by atoms with Crippen molar-refractivity contribution in [3.05, 3.63) is 91.6 Å². The van der Waals surface area contributed by atoms with E-state index in [1.54, 1.807) is 23.0 Å². The second-order valence-corrected chi connectivity index (χ2v) is 11.5. The molecule has 2 atom stereocenters. The third-order valence-electron chi connectivity index (χ3n) is 6.86. The van der Waals surface area contributed by atoms with Crippen LogP contribution in [0.5, 0.6) is 5.75 Å². The van der Waals surface area contributed by atoms with Crippen LogP contribution in [0.3, 0.4) is 0 Å². The predicted molar refractivity (Wildman–Crippen MR) is 138 cm³/mol. The molecule has 2 bridgehead atoms. The van der Waals surface area contributed by atoms with E-state index in [1.807, 2.05) is 34.8 Å². The summed E-state index contributed by atoms with van der Waals surface area (Å²) in [6, 6.07) is 18.0. The van der Waals surface area contributed by atoms with Crippen molar-refractivity contribution in [1.29, 1.82) is 0 Å². The number of hydrogen-bond donors (Lipinski definition) is 1. The van der Waals surface area contributed by atoms with Gasteiger partial charge in [0.05, 0.1) is 0 Å². The van der Waals surface area contributed by atoms with E-state index in [1.165, 1.54) is 39.3 Å². The van der Waals surface area contributed by atoms with E-state index in [9.17, 15) is 5.11 Å². The molecule has 162 valence electrons. The van der Waals surface area contributed by atoms with Crippen molar-refractivity contribution in [3.8, 4) is 16.2 Å². The number of piperidine rings is 1. The first-order valence-corrected chi connectivity index (χ1v) is 13.9. The zero-order valence-corrected chi connectivity index (χ0v) is 20.2. The van der Waals surface area contributed by atoms with Gasteiger partial charge < -0.3 is 5.11 Å². The highest BCUT2D eigenvalue weighted by atomic mass is 32.1. The summed E-state index contributed by atoms with van der Waals surface area (Å²) in [5.74, 6) is 0.339. The maximum absolute atomic E-state index is 10.3. The first-order valence-electron chi connectivity index (χ1n) is 11.2. The van der Waals surface area contributed by atoms with Gasteiger partial charge in [0.1, 0.15) is 5.75 Å². The number of thiophene rings is 3. The molecule has 0 spiro atoms. The molecule has 0 amide bonds. The van der Waals surface area contributed by atoms with Crippen molar-refractivity contribution in [2.45, 2.75) is 44.3 Å². The summed E-state index contributed by atoms with van der Waals surface area (Å²) in [4.78, 5) is 5.56. The fourth-order valence-electron chi connectivity index (χ4n) is 5.49. The second kappa shape index (κ2) is 8.64. The summed E-state index contributed by atoms with van der Waals surface area (Å²) in [7, 11) is 0. The molecule has 4 aromatic rings. The van der Waals surface area contributed by atoms with Gasteiger partial charge in [-0.15, -0.1) is 22.7 Å². The number of fused-ring (bicyclic) bond motifs is 2. The molecule has 5 heteroatoms. The quantitative estimate of drug-likeness (QED) is 0.317. The van der Waals surface area contributed by atoms with Gasteiger partial charge in [0, 0.05) is 39.5 Å². The van der Waals surface area contributed by atoms with Crippen molar-refractivity contribution < 1.29 is 5.11 Å². The van der Waals surface area contributed by atoms with Crippen LogP contribution in [0.4, 0.5) is 0 Å². The maximum Gasteiger partial charge on any atom is 0.116 e. The SMILES string of the molecule is Oc1cccc(C(=C2CC3CCC(C2)N3Cc2cccs2)c2ccsc2-c2ccsc2)c1. The molecule has 0 saturated carbocycles. The lowest BCUT2D eigenvalue weighted by Gasteiger charge is -2.37. The molecular weight excluding hydrogens is 451 g/mol. The molecule has 2 fully saturated rings. The summed E-state index contributed by atoms with van der Waals surface area (Å²) in [5.41, 5.74) is 6.66. The van der Waals surface area contributed by atoms with Crippen molar-refractivity contribution in [2.75, 3.05) is 0 Å². The Morgan fingerprint density at radius 1 is 0.938 bits per heavy atom. The summed E-state index contributed by atoms with van der Waals surface area (Å²) >= 11 is 5.44. The Bertz CT molecular complexity index is 1220. The molecule has 1 N–H and O–H groups in total. The number of rotatable bonds is 5. The zero-order valence-electron chi connectivity index (χ0n) is 17.7. The largest absolute Gasteiger partial charge is 0.508 e. The van der Waals surface area contributed by atoms with Crippen LogP contribution in [0.1, 0.15) is 41.7 Å².